The third kappa shape index (κ3) is 3.54. The quantitative estimate of drug-likeness (QED) is 0.932. The van der Waals surface area contributed by atoms with Crippen molar-refractivity contribution < 1.29 is 4.79 Å². The van der Waals surface area contributed by atoms with Gasteiger partial charge in [0.05, 0.1) is 6.54 Å². The highest BCUT2D eigenvalue weighted by Crippen LogP contribution is 2.20. The zero-order chi connectivity index (χ0) is 14.0. The Bertz CT molecular complexity index is 593. The maximum atomic E-state index is 12.2. The van der Waals surface area contributed by atoms with E-state index >= 15 is 0 Å². The van der Waals surface area contributed by atoms with Crippen LogP contribution in [-0.4, -0.2) is 33.0 Å². The van der Waals surface area contributed by atoms with Gasteiger partial charge < -0.3 is 4.90 Å². The minimum atomic E-state index is -0.134. The molecule has 0 spiro atoms. The number of aromatic amines is 1. The van der Waals surface area contributed by atoms with Crippen molar-refractivity contribution >= 4 is 33.4 Å². The second kappa shape index (κ2) is 5.71. The van der Waals surface area contributed by atoms with E-state index in [1.54, 1.807) is 30.1 Å². The number of aryl methyl sites for hydroxylation is 1. The molecule has 0 aliphatic heterocycles. The van der Waals surface area contributed by atoms with Crippen LogP contribution in [0.4, 0.5) is 0 Å². The Morgan fingerprint density at radius 1 is 1.47 bits per heavy atom. The number of carbonyl (C=O) groups excluding carboxylic acids is 1. The highest BCUT2D eigenvalue weighted by atomic mass is 79.9. The smallest absolute Gasteiger partial charge is 0.254 e. The lowest BCUT2D eigenvalue weighted by Crippen LogP contribution is -2.26. The Hall–Kier alpha value is -1.40. The van der Waals surface area contributed by atoms with E-state index in [-0.39, 0.29) is 5.91 Å². The van der Waals surface area contributed by atoms with Gasteiger partial charge in [-0.3, -0.25) is 9.89 Å². The first kappa shape index (κ1) is 14.0. The topological polar surface area (TPSA) is 61.9 Å². The van der Waals surface area contributed by atoms with Gasteiger partial charge in [-0.1, -0.05) is 27.5 Å². The second-order valence-corrected chi connectivity index (χ2v) is 5.51. The van der Waals surface area contributed by atoms with Crippen LogP contribution in [0.15, 0.2) is 22.7 Å². The van der Waals surface area contributed by atoms with Gasteiger partial charge in [0.25, 0.3) is 5.91 Å². The number of carbonyl (C=O) groups is 1. The molecule has 0 bridgehead atoms. The zero-order valence-corrected chi connectivity index (χ0v) is 12.8. The standard InChI is InChI=1S/C12H12BrClN4O/c1-7-15-11(17-16-7)6-18(2)12(19)8-3-9(13)5-10(14)4-8/h3-5H,6H2,1-2H3,(H,15,16,17). The molecular formula is C12H12BrClN4O. The highest BCUT2D eigenvalue weighted by molar-refractivity contribution is 9.10. The highest BCUT2D eigenvalue weighted by Gasteiger charge is 2.15. The molecule has 1 heterocycles. The Kier molecular flexibility index (Phi) is 4.21. The Morgan fingerprint density at radius 2 is 2.21 bits per heavy atom. The van der Waals surface area contributed by atoms with Crippen LogP contribution in [0.3, 0.4) is 0 Å². The molecule has 2 aromatic rings. The molecule has 0 saturated carbocycles. The van der Waals surface area contributed by atoms with Gasteiger partial charge in [-0.2, -0.15) is 5.10 Å². The summed E-state index contributed by atoms with van der Waals surface area (Å²) in [5, 5.41) is 7.26. The van der Waals surface area contributed by atoms with E-state index in [0.29, 0.717) is 23.0 Å². The van der Waals surface area contributed by atoms with Crippen LogP contribution in [0.25, 0.3) is 0 Å². The summed E-state index contributed by atoms with van der Waals surface area (Å²) in [6, 6.07) is 5.10. The molecule has 0 radical (unpaired) electrons. The SMILES string of the molecule is Cc1nc(CN(C)C(=O)c2cc(Cl)cc(Br)c2)n[nH]1. The fourth-order valence-electron chi connectivity index (χ4n) is 1.64. The first-order valence-electron chi connectivity index (χ1n) is 5.55. The number of halogens is 2. The van der Waals surface area contributed by atoms with E-state index in [9.17, 15) is 4.79 Å². The number of benzene rings is 1. The first-order chi connectivity index (χ1) is 8.95. The molecule has 0 unspecified atom stereocenters. The van der Waals surface area contributed by atoms with Crippen molar-refractivity contribution in [3.8, 4) is 0 Å². The molecule has 0 aliphatic carbocycles. The van der Waals surface area contributed by atoms with Gasteiger partial charge in [0, 0.05) is 22.1 Å². The first-order valence-corrected chi connectivity index (χ1v) is 6.72. The summed E-state index contributed by atoms with van der Waals surface area (Å²) in [7, 11) is 1.70. The minimum Gasteiger partial charge on any atom is -0.334 e. The number of amides is 1. The normalized spacial score (nSPS) is 10.5. The van der Waals surface area contributed by atoms with Crippen LogP contribution in [0, 0.1) is 6.92 Å². The van der Waals surface area contributed by atoms with Crippen LogP contribution in [0.5, 0.6) is 0 Å². The third-order valence-corrected chi connectivity index (χ3v) is 3.15. The predicted molar refractivity (Wildman–Crippen MR) is 76.1 cm³/mol. The molecule has 2 rings (SSSR count). The van der Waals surface area contributed by atoms with Crippen molar-refractivity contribution in [2.45, 2.75) is 13.5 Å². The average molecular weight is 344 g/mol. The van der Waals surface area contributed by atoms with Crippen molar-refractivity contribution in [1.29, 1.82) is 0 Å². The largest absolute Gasteiger partial charge is 0.334 e. The molecule has 7 heteroatoms. The second-order valence-electron chi connectivity index (χ2n) is 4.16. The molecule has 1 amide bonds. The van der Waals surface area contributed by atoms with Crippen molar-refractivity contribution in [1.82, 2.24) is 20.1 Å². The number of nitrogens with zero attached hydrogens (tertiary/aromatic N) is 3. The Morgan fingerprint density at radius 3 is 2.79 bits per heavy atom. The van der Waals surface area contributed by atoms with Crippen molar-refractivity contribution in [2.24, 2.45) is 0 Å². The van der Waals surface area contributed by atoms with E-state index in [0.717, 1.165) is 10.3 Å². The molecule has 1 N–H and O–H groups in total. The molecular weight excluding hydrogens is 332 g/mol. The average Bonchev–Trinajstić information content (AvgIpc) is 2.72. The molecule has 19 heavy (non-hydrogen) atoms. The van der Waals surface area contributed by atoms with E-state index < -0.39 is 0 Å². The summed E-state index contributed by atoms with van der Waals surface area (Å²) in [6.07, 6.45) is 0. The van der Waals surface area contributed by atoms with Crippen molar-refractivity contribution in [2.75, 3.05) is 7.05 Å². The molecule has 5 nitrogen and oxygen atoms in total. The third-order valence-electron chi connectivity index (χ3n) is 2.48. The number of hydrogen-bond donors (Lipinski definition) is 1. The van der Waals surface area contributed by atoms with Crippen LogP contribution in [0.1, 0.15) is 22.0 Å². The Balaban J connectivity index is 2.14. The van der Waals surface area contributed by atoms with E-state index in [1.807, 2.05) is 6.92 Å². The maximum Gasteiger partial charge on any atom is 0.254 e. The number of hydrogen-bond acceptors (Lipinski definition) is 3. The molecule has 1 aromatic carbocycles. The predicted octanol–water partition coefficient (Wildman–Crippen LogP) is 2.80. The van der Waals surface area contributed by atoms with Crippen LogP contribution < -0.4 is 0 Å². The lowest BCUT2D eigenvalue weighted by molar-refractivity contribution is 0.0781. The van der Waals surface area contributed by atoms with E-state index in [4.69, 9.17) is 11.6 Å². The van der Waals surface area contributed by atoms with Crippen LogP contribution in [0.2, 0.25) is 5.02 Å². The molecule has 1 aromatic heterocycles. The lowest BCUT2D eigenvalue weighted by atomic mass is 10.2. The number of aromatic nitrogens is 3. The summed E-state index contributed by atoms with van der Waals surface area (Å²) >= 11 is 9.25. The molecule has 100 valence electrons. The van der Waals surface area contributed by atoms with E-state index in [1.165, 1.54) is 0 Å². The summed E-state index contributed by atoms with van der Waals surface area (Å²) in [5.41, 5.74) is 0.522. The van der Waals surface area contributed by atoms with Crippen LogP contribution in [-0.2, 0) is 6.54 Å². The van der Waals surface area contributed by atoms with Crippen LogP contribution >= 0.6 is 27.5 Å². The fraction of sp³-hybridized carbons (Fsp3) is 0.250. The van der Waals surface area contributed by atoms with Crippen molar-refractivity contribution in [3.05, 3.63) is 44.9 Å². The summed E-state index contributed by atoms with van der Waals surface area (Å²) in [6.45, 7) is 2.15. The fourth-order valence-corrected chi connectivity index (χ4v) is 2.50. The molecule has 0 saturated heterocycles. The minimum absolute atomic E-state index is 0.134. The van der Waals surface area contributed by atoms with Gasteiger partial charge in [-0.25, -0.2) is 4.98 Å². The van der Waals surface area contributed by atoms with Gasteiger partial charge in [0.15, 0.2) is 5.82 Å². The maximum absolute atomic E-state index is 12.2. The number of H-pyrrole nitrogens is 1. The van der Waals surface area contributed by atoms with E-state index in [2.05, 4.69) is 31.1 Å². The number of rotatable bonds is 3. The summed E-state index contributed by atoms with van der Waals surface area (Å²) in [5.74, 6) is 1.17. The monoisotopic (exact) mass is 342 g/mol. The van der Waals surface area contributed by atoms with Gasteiger partial charge >= 0.3 is 0 Å². The van der Waals surface area contributed by atoms with Gasteiger partial charge in [-0.15, -0.1) is 0 Å². The Labute approximate surface area is 124 Å². The zero-order valence-electron chi connectivity index (χ0n) is 10.4. The lowest BCUT2D eigenvalue weighted by Gasteiger charge is -2.15. The van der Waals surface area contributed by atoms with Crippen molar-refractivity contribution in [3.63, 3.8) is 0 Å². The molecule has 0 atom stereocenters. The molecule has 0 aliphatic rings. The molecule has 0 fully saturated rings. The van der Waals surface area contributed by atoms with Gasteiger partial charge in [0.1, 0.15) is 5.82 Å². The summed E-state index contributed by atoms with van der Waals surface area (Å²) in [4.78, 5) is 17.9. The number of nitrogens with one attached hydrogen (secondary N) is 1. The van der Waals surface area contributed by atoms with Gasteiger partial charge in [0.2, 0.25) is 0 Å². The summed E-state index contributed by atoms with van der Waals surface area (Å²) < 4.78 is 0.769. The van der Waals surface area contributed by atoms with Gasteiger partial charge in [-0.05, 0) is 25.1 Å².